The molecule has 0 radical (unpaired) electrons. The van der Waals surface area contributed by atoms with Gasteiger partial charge < -0.3 is 9.84 Å². The van der Waals surface area contributed by atoms with E-state index in [2.05, 4.69) is 0 Å². The van der Waals surface area contributed by atoms with Gasteiger partial charge in [-0.1, -0.05) is 6.42 Å². The lowest BCUT2D eigenvalue weighted by Gasteiger charge is -2.35. The Kier molecular flexibility index (Phi) is 3.53. The van der Waals surface area contributed by atoms with Gasteiger partial charge in [0.2, 0.25) is 11.6 Å². The van der Waals surface area contributed by atoms with Crippen molar-refractivity contribution in [1.29, 1.82) is 0 Å². The molecule has 0 atom stereocenters. The fourth-order valence-corrected chi connectivity index (χ4v) is 3.55. The summed E-state index contributed by atoms with van der Waals surface area (Å²) in [5.74, 6) is -1.59. The maximum absolute atomic E-state index is 10.7. The molecule has 2 saturated carbocycles. The number of carboxylic acids is 1. The predicted molar refractivity (Wildman–Crippen MR) is 66.0 cm³/mol. The van der Waals surface area contributed by atoms with Crippen LogP contribution in [-0.4, -0.2) is 22.7 Å². The first kappa shape index (κ1) is 13.3. The van der Waals surface area contributed by atoms with Crippen molar-refractivity contribution in [2.75, 3.05) is 0 Å². The van der Waals surface area contributed by atoms with Gasteiger partial charge in [0.15, 0.2) is 0 Å². The highest BCUT2D eigenvalue weighted by Crippen LogP contribution is 2.49. The quantitative estimate of drug-likeness (QED) is 0.781. The Hall–Kier alpha value is -0.650. The molecule has 1 saturated heterocycles. The van der Waals surface area contributed by atoms with E-state index in [1.165, 1.54) is 6.42 Å². The number of ether oxygens (including phenoxy) is 1. The van der Waals surface area contributed by atoms with Gasteiger partial charge in [0.1, 0.15) is 0 Å². The van der Waals surface area contributed by atoms with Crippen LogP contribution in [0.4, 0.5) is 0 Å². The molecule has 19 heavy (non-hydrogen) atoms. The summed E-state index contributed by atoms with van der Waals surface area (Å²) in [4.78, 5) is 21.8. The molecule has 3 fully saturated rings. The largest absolute Gasteiger partial charge is 0.481 e. The molecule has 0 bridgehead atoms. The molecule has 0 aromatic heterocycles. The molecule has 3 aliphatic rings. The van der Waals surface area contributed by atoms with E-state index in [0.717, 1.165) is 51.4 Å². The third-order valence-electron chi connectivity index (χ3n) is 4.66. The first-order valence-corrected chi connectivity index (χ1v) is 7.40. The minimum atomic E-state index is -0.714. The van der Waals surface area contributed by atoms with Gasteiger partial charge in [0.25, 0.3) is 0 Å². The van der Waals surface area contributed by atoms with Crippen LogP contribution in [0.1, 0.15) is 64.2 Å². The van der Waals surface area contributed by atoms with Crippen LogP contribution in [0.2, 0.25) is 0 Å². The van der Waals surface area contributed by atoms with Gasteiger partial charge in [-0.3, -0.25) is 4.79 Å². The van der Waals surface area contributed by atoms with E-state index in [9.17, 15) is 4.79 Å². The molecule has 0 amide bonds. The number of carboxylic acid groups (broad SMARTS) is 1. The van der Waals surface area contributed by atoms with Gasteiger partial charge in [-0.25, -0.2) is 0 Å². The summed E-state index contributed by atoms with van der Waals surface area (Å²) >= 11 is 0. The van der Waals surface area contributed by atoms with Gasteiger partial charge in [-0.2, -0.15) is 9.78 Å². The van der Waals surface area contributed by atoms with Crippen LogP contribution in [0, 0.1) is 5.92 Å². The first-order chi connectivity index (χ1) is 9.12. The number of hydrogen-bond acceptors (Lipinski definition) is 4. The predicted octanol–water partition coefficient (Wildman–Crippen LogP) is 2.99. The first-order valence-electron chi connectivity index (χ1n) is 7.40. The lowest BCUT2D eigenvalue weighted by atomic mass is 9.83. The molecular weight excluding hydrogens is 248 g/mol. The van der Waals surface area contributed by atoms with Gasteiger partial charge in [0.05, 0.1) is 0 Å². The molecule has 0 aromatic carbocycles. The van der Waals surface area contributed by atoms with Crippen molar-refractivity contribution < 1.29 is 24.4 Å². The lowest BCUT2D eigenvalue weighted by Crippen LogP contribution is -2.40. The van der Waals surface area contributed by atoms with Crippen molar-refractivity contribution in [2.45, 2.75) is 75.8 Å². The summed E-state index contributed by atoms with van der Waals surface area (Å²) in [6.45, 7) is 0. The Morgan fingerprint density at radius 3 is 2.16 bits per heavy atom. The Labute approximate surface area is 113 Å². The summed E-state index contributed by atoms with van der Waals surface area (Å²) in [7, 11) is 0. The van der Waals surface area contributed by atoms with Crippen LogP contribution in [-0.2, 0) is 19.3 Å². The Morgan fingerprint density at radius 2 is 1.58 bits per heavy atom. The number of aliphatic carboxylic acids is 1. The third-order valence-corrected chi connectivity index (χ3v) is 4.66. The summed E-state index contributed by atoms with van der Waals surface area (Å²) in [5.41, 5.74) is 0. The SMILES string of the molecule is O=C(O)CC1CCC2(CC1)OOC1(CCCCC1)O2. The molecule has 5 heteroatoms. The molecular formula is C14H22O5. The highest BCUT2D eigenvalue weighted by atomic mass is 17.3. The van der Waals surface area contributed by atoms with Crippen molar-refractivity contribution in [3.05, 3.63) is 0 Å². The molecule has 1 N–H and O–H groups in total. The summed E-state index contributed by atoms with van der Waals surface area (Å²) in [6.07, 6.45) is 8.73. The highest BCUT2D eigenvalue weighted by molar-refractivity contribution is 5.67. The monoisotopic (exact) mass is 270 g/mol. The van der Waals surface area contributed by atoms with E-state index in [-0.39, 0.29) is 12.3 Å². The zero-order valence-corrected chi connectivity index (χ0v) is 11.2. The molecule has 108 valence electrons. The molecule has 0 unspecified atom stereocenters. The summed E-state index contributed by atoms with van der Waals surface area (Å²) < 4.78 is 6.18. The fraction of sp³-hybridized carbons (Fsp3) is 0.929. The fourth-order valence-electron chi connectivity index (χ4n) is 3.55. The van der Waals surface area contributed by atoms with Crippen molar-refractivity contribution in [3.8, 4) is 0 Å². The second kappa shape index (κ2) is 5.04. The molecule has 5 nitrogen and oxygen atoms in total. The summed E-state index contributed by atoms with van der Waals surface area (Å²) in [5, 5.41) is 8.83. The molecule has 0 aromatic rings. The van der Waals surface area contributed by atoms with E-state index in [1.807, 2.05) is 0 Å². The van der Waals surface area contributed by atoms with Crippen LogP contribution >= 0.6 is 0 Å². The summed E-state index contributed by atoms with van der Waals surface area (Å²) in [6, 6.07) is 0. The number of rotatable bonds is 2. The Bertz CT molecular complexity index is 340. The molecule has 2 spiro atoms. The number of hydrogen-bond donors (Lipinski definition) is 1. The van der Waals surface area contributed by atoms with E-state index in [1.54, 1.807) is 0 Å². The molecule has 2 aliphatic carbocycles. The zero-order valence-electron chi connectivity index (χ0n) is 11.2. The molecule has 3 rings (SSSR count). The maximum atomic E-state index is 10.7. The molecule has 1 heterocycles. The van der Waals surface area contributed by atoms with Crippen molar-refractivity contribution in [2.24, 2.45) is 5.92 Å². The normalized spacial score (nSPS) is 37.8. The minimum absolute atomic E-state index is 0.248. The van der Waals surface area contributed by atoms with Crippen LogP contribution in [0.5, 0.6) is 0 Å². The average Bonchev–Trinajstić information content (AvgIpc) is 2.72. The molecule has 1 aliphatic heterocycles. The van der Waals surface area contributed by atoms with E-state index >= 15 is 0 Å². The van der Waals surface area contributed by atoms with Crippen LogP contribution in [0.25, 0.3) is 0 Å². The van der Waals surface area contributed by atoms with Gasteiger partial charge in [-0.15, -0.1) is 0 Å². The highest BCUT2D eigenvalue weighted by Gasteiger charge is 2.54. The van der Waals surface area contributed by atoms with Crippen LogP contribution < -0.4 is 0 Å². The van der Waals surface area contributed by atoms with Crippen molar-refractivity contribution in [3.63, 3.8) is 0 Å². The topological polar surface area (TPSA) is 65.0 Å². The van der Waals surface area contributed by atoms with Crippen molar-refractivity contribution in [1.82, 2.24) is 0 Å². The lowest BCUT2D eigenvalue weighted by molar-refractivity contribution is -0.358. The van der Waals surface area contributed by atoms with E-state index in [4.69, 9.17) is 19.6 Å². The van der Waals surface area contributed by atoms with Crippen LogP contribution in [0.3, 0.4) is 0 Å². The third kappa shape index (κ3) is 2.78. The van der Waals surface area contributed by atoms with Gasteiger partial charge in [-0.05, 0) is 31.6 Å². The second-order valence-corrected chi connectivity index (χ2v) is 6.19. The van der Waals surface area contributed by atoms with E-state index < -0.39 is 17.5 Å². The van der Waals surface area contributed by atoms with Gasteiger partial charge in [0, 0.05) is 32.1 Å². The smallest absolute Gasteiger partial charge is 0.303 e. The van der Waals surface area contributed by atoms with Crippen LogP contribution in [0.15, 0.2) is 0 Å². The van der Waals surface area contributed by atoms with Crippen molar-refractivity contribution >= 4 is 5.97 Å². The minimum Gasteiger partial charge on any atom is -0.481 e. The average molecular weight is 270 g/mol. The number of carbonyl (C=O) groups is 1. The Balaban J connectivity index is 1.57. The Morgan fingerprint density at radius 1 is 1.00 bits per heavy atom. The van der Waals surface area contributed by atoms with Gasteiger partial charge >= 0.3 is 5.97 Å². The maximum Gasteiger partial charge on any atom is 0.303 e. The second-order valence-electron chi connectivity index (χ2n) is 6.19. The zero-order chi connectivity index (χ0) is 13.3. The van der Waals surface area contributed by atoms with E-state index in [0.29, 0.717) is 0 Å². The standard InChI is InChI=1S/C14H22O5/c15-12(16)10-11-4-8-14(9-5-11)17-13(18-19-14)6-2-1-3-7-13/h11H,1-10H2,(H,15,16).